The van der Waals surface area contributed by atoms with Crippen LogP contribution in [0.4, 0.5) is 0 Å². The third-order valence-electron chi connectivity index (χ3n) is 5.20. The van der Waals surface area contributed by atoms with Gasteiger partial charge in [-0.2, -0.15) is 0 Å². The molecule has 1 atom stereocenters. The molecule has 0 saturated carbocycles. The lowest BCUT2D eigenvalue weighted by molar-refractivity contribution is -0.129. The van der Waals surface area contributed by atoms with Gasteiger partial charge in [0.25, 0.3) is 0 Å². The van der Waals surface area contributed by atoms with Crippen LogP contribution < -0.4 is 14.8 Å². The van der Waals surface area contributed by atoms with E-state index in [1.54, 1.807) is 11.0 Å². The molecule has 7 heteroatoms. The predicted octanol–water partition coefficient (Wildman–Crippen LogP) is 3.08. The number of nitrogens with zero attached hydrogens (tertiary/aromatic N) is 1. The molecule has 1 fully saturated rings. The SMILES string of the molecule is Cc1ccc(CN2CC(C(=O)NCc3cc(Cl)c4c(c3)OCCO4)CC2=O)cc1. The number of halogens is 1. The highest BCUT2D eigenvalue weighted by Gasteiger charge is 2.34. The number of hydrogen-bond donors (Lipinski definition) is 1. The summed E-state index contributed by atoms with van der Waals surface area (Å²) < 4.78 is 11.1. The van der Waals surface area contributed by atoms with Crippen molar-refractivity contribution in [1.29, 1.82) is 0 Å². The summed E-state index contributed by atoms with van der Waals surface area (Å²) in [6, 6.07) is 11.7. The topological polar surface area (TPSA) is 67.9 Å². The highest BCUT2D eigenvalue weighted by Crippen LogP contribution is 2.38. The van der Waals surface area contributed by atoms with E-state index in [0.717, 1.165) is 11.1 Å². The molecule has 0 bridgehead atoms. The molecule has 0 spiro atoms. The second-order valence-electron chi connectivity index (χ2n) is 7.48. The van der Waals surface area contributed by atoms with Gasteiger partial charge in [-0.1, -0.05) is 41.4 Å². The molecule has 6 nitrogen and oxygen atoms in total. The number of aryl methyl sites for hydroxylation is 1. The fraction of sp³-hybridized carbons (Fsp3) is 0.364. The van der Waals surface area contributed by atoms with Crippen LogP contribution in [-0.2, 0) is 22.7 Å². The van der Waals surface area contributed by atoms with Crippen LogP contribution in [0.3, 0.4) is 0 Å². The van der Waals surface area contributed by atoms with Gasteiger partial charge in [0, 0.05) is 26.1 Å². The van der Waals surface area contributed by atoms with Gasteiger partial charge in [-0.3, -0.25) is 9.59 Å². The zero-order valence-electron chi connectivity index (χ0n) is 16.2. The van der Waals surface area contributed by atoms with Crippen LogP contribution in [0, 0.1) is 12.8 Å². The lowest BCUT2D eigenvalue weighted by Gasteiger charge is -2.20. The predicted molar refractivity (Wildman–Crippen MR) is 109 cm³/mol. The number of fused-ring (bicyclic) bond motifs is 1. The Bertz CT molecular complexity index is 929. The Kier molecular flexibility index (Phi) is 5.62. The van der Waals surface area contributed by atoms with Gasteiger partial charge in [-0.15, -0.1) is 0 Å². The van der Waals surface area contributed by atoms with Crippen LogP contribution in [-0.4, -0.2) is 36.5 Å². The summed E-state index contributed by atoms with van der Waals surface area (Å²) in [4.78, 5) is 26.7. The number of rotatable bonds is 5. The molecule has 1 unspecified atom stereocenters. The Morgan fingerprint density at radius 2 is 1.93 bits per heavy atom. The molecule has 2 aliphatic rings. The lowest BCUT2D eigenvalue weighted by Crippen LogP contribution is -2.32. The van der Waals surface area contributed by atoms with Gasteiger partial charge in [0.2, 0.25) is 11.8 Å². The fourth-order valence-electron chi connectivity index (χ4n) is 3.61. The minimum atomic E-state index is -0.347. The molecule has 0 radical (unpaired) electrons. The summed E-state index contributed by atoms with van der Waals surface area (Å²) in [6.45, 7) is 4.25. The second-order valence-corrected chi connectivity index (χ2v) is 7.89. The van der Waals surface area contributed by atoms with Gasteiger partial charge in [-0.05, 0) is 30.2 Å². The largest absolute Gasteiger partial charge is 0.486 e. The smallest absolute Gasteiger partial charge is 0.225 e. The van der Waals surface area contributed by atoms with Crippen molar-refractivity contribution >= 4 is 23.4 Å². The number of amides is 2. The first-order valence-electron chi connectivity index (χ1n) is 9.68. The monoisotopic (exact) mass is 414 g/mol. The zero-order valence-corrected chi connectivity index (χ0v) is 17.0. The van der Waals surface area contributed by atoms with Gasteiger partial charge in [0.15, 0.2) is 11.5 Å². The van der Waals surface area contributed by atoms with E-state index in [9.17, 15) is 9.59 Å². The molecule has 152 valence electrons. The van der Waals surface area contributed by atoms with Crippen LogP contribution in [0.15, 0.2) is 36.4 Å². The third-order valence-corrected chi connectivity index (χ3v) is 5.48. The number of ether oxygens (including phenoxy) is 2. The van der Waals surface area contributed by atoms with Crippen LogP contribution in [0.5, 0.6) is 11.5 Å². The molecule has 2 aromatic carbocycles. The maximum atomic E-state index is 12.6. The molecule has 2 aliphatic heterocycles. The maximum Gasteiger partial charge on any atom is 0.225 e. The molecule has 2 heterocycles. The van der Waals surface area contributed by atoms with E-state index >= 15 is 0 Å². The van der Waals surface area contributed by atoms with Crippen LogP contribution in [0.1, 0.15) is 23.1 Å². The minimum Gasteiger partial charge on any atom is -0.486 e. The van der Waals surface area contributed by atoms with Crippen LogP contribution in [0.25, 0.3) is 0 Å². The molecule has 4 rings (SSSR count). The van der Waals surface area contributed by atoms with Gasteiger partial charge in [-0.25, -0.2) is 0 Å². The van der Waals surface area contributed by atoms with E-state index in [2.05, 4.69) is 5.32 Å². The molecule has 2 amide bonds. The lowest BCUT2D eigenvalue weighted by atomic mass is 10.1. The third kappa shape index (κ3) is 4.48. The van der Waals surface area contributed by atoms with Gasteiger partial charge < -0.3 is 19.7 Å². The summed E-state index contributed by atoms with van der Waals surface area (Å²) in [5.74, 6) is 0.666. The average Bonchev–Trinajstić information content (AvgIpc) is 3.08. The summed E-state index contributed by atoms with van der Waals surface area (Å²) in [7, 11) is 0. The van der Waals surface area contributed by atoms with Crippen molar-refractivity contribution in [3.63, 3.8) is 0 Å². The Morgan fingerprint density at radius 1 is 1.17 bits per heavy atom. The normalized spacial score (nSPS) is 18.1. The average molecular weight is 415 g/mol. The second kappa shape index (κ2) is 8.33. The fourth-order valence-corrected chi connectivity index (χ4v) is 3.90. The number of carbonyl (C=O) groups is 2. The van der Waals surface area contributed by atoms with Crippen molar-refractivity contribution in [2.75, 3.05) is 19.8 Å². The van der Waals surface area contributed by atoms with Gasteiger partial charge >= 0.3 is 0 Å². The van der Waals surface area contributed by atoms with Crippen molar-refractivity contribution in [1.82, 2.24) is 10.2 Å². The number of nitrogens with one attached hydrogen (secondary N) is 1. The molecule has 0 aromatic heterocycles. The molecule has 29 heavy (non-hydrogen) atoms. The minimum absolute atomic E-state index is 0.00750. The van der Waals surface area contributed by atoms with Crippen molar-refractivity contribution < 1.29 is 19.1 Å². The number of likely N-dealkylation sites (tertiary alicyclic amines) is 1. The van der Waals surface area contributed by atoms with E-state index in [-0.39, 0.29) is 24.2 Å². The first kappa shape index (κ1) is 19.6. The van der Waals surface area contributed by atoms with Crippen molar-refractivity contribution in [2.45, 2.75) is 26.4 Å². The number of benzene rings is 2. The van der Waals surface area contributed by atoms with Crippen LogP contribution in [0.2, 0.25) is 5.02 Å². The van der Waals surface area contributed by atoms with Crippen molar-refractivity contribution in [3.05, 3.63) is 58.1 Å². The van der Waals surface area contributed by atoms with E-state index in [1.165, 1.54) is 5.56 Å². The van der Waals surface area contributed by atoms with Gasteiger partial charge in [0.05, 0.1) is 10.9 Å². The molecule has 1 N–H and O–H groups in total. The molecule has 1 saturated heterocycles. The van der Waals surface area contributed by atoms with Crippen molar-refractivity contribution in [2.24, 2.45) is 5.92 Å². The Balaban J connectivity index is 1.34. The zero-order chi connectivity index (χ0) is 20.4. The summed E-state index contributed by atoms with van der Waals surface area (Å²) >= 11 is 6.25. The molecular weight excluding hydrogens is 392 g/mol. The van der Waals surface area contributed by atoms with E-state index in [0.29, 0.717) is 49.4 Å². The quantitative estimate of drug-likeness (QED) is 0.816. The summed E-state index contributed by atoms with van der Waals surface area (Å²) in [5, 5.41) is 3.38. The van der Waals surface area contributed by atoms with Gasteiger partial charge in [0.1, 0.15) is 13.2 Å². The Morgan fingerprint density at radius 3 is 2.72 bits per heavy atom. The van der Waals surface area contributed by atoms with Crippen molar-refractivity contribution in [3.8, 4) is 11.5 Å². The molecule has 0 aliphatic carbocycles. The van der Waals surface area contributed by atoms with E-state index in [1.807, 2.05) is 37.3 Å². The molecular formula is C22H23ClN2O4. The first-order valence-corrected chi connectivity index (χ1v) is 10.1. The van der Waals surface area contributed by atoms with E-state index < -0.39 is 0 Å². The maximum absolute atomic E-state index is 12.6. The number of carbonyl (C=O) groups excluding carboxylic acids is 2. The standard InChI is InChI=1S/C22H23ClN2O4/c1-14-2-4-15(5-3-14)12-25-13-17(10-20(25)26)22(27)24-11-16-8-18(23)21-19(9-16)28-6-7-29-21/h2-5,8-9,17H,6-7,10-13H2,1H3,(H,24,27). The summed E-state index contributed by atoms with van der Waals surface area (Å²) in [5.41, 5.74) is 3.07. The first-order chi connectivity index (χ1) is 14.0. The number of hydrogen-bond acceptors (Lipinski definition) is 4. The highest BCUT2D eigenvalue weighted by atomic mass is 35.5. The summed E-state index contributed by atoms with van der Waals surface area (Å²) in [6.07, 6.45) is 0.236. The van der Waals surface area contributed by atoms with E-state index in [4.69, 9.17) is 21.1 Å². The Hall–Kier alpha value is -2.73. The Labute approximate surface area is 174 Å². The highest BCUT2D eigenvalue weighted by molar-refractivity contribution is 6.32. The molecule has 2 aromatic rings. The van der Waals surface area contributed by atoms with Crippen LogP contribution >= 0.6 is 11.6 Å².